The molecule has 2 aromatic carbocycles. The van der Waals surface area contributed by atoms with Crippen LogP contribution in [0.2, 0.25) is 0 Å². The van der Waals surface area contributed by atoms with Crippen LogP contribution in [0, 0.1) is 0 Å². The Morgan fingerprint density at radius 3 is 2.64 bits per heavy atom. The van der Waals surface area contributed by atoms with Crippen molar-refractivity contribution in [3.8, 4) is 28.5 Å². The van der Waals surface area contributed by atoms with E-state index in [1.165, 1.54) is 6.07 Å². The summed E-state index contributed by atoms with van der Waals surface area (Å²) in [6.07, 6.45) is -3.76. The van der Waals surface area contributed by atoms with Crippen molar-refractivity contribution in [3.63, 3.8) is 0 Å². The van der Waals surface area contributed by atoms with Gasteiger partial charge in [-0.05, 0) is 42.8 Å². The molecule has 144 valence electrons. The van der Waals surface area contributed by atoms with Gasteiger partial charge in [0.15, 0.2) is 5.76 Å². The summed E-state index contributed by atoms with van der Waals surface area (Å²) >= 11 is 0. The first-order valence-electron chi connectivity index (χ1n) is 8.84. The molecule has 0 unspecified atom stereocenters. The molecule has 4 rings (SSSR count). The number of hydrogen-bond acceptors (Lipinski definition) is 3. The molecule has 0 radical (unpaired) electrons. The lowest BCUT2D eigenvalue weighted by atomic mass is 10.1. The fraction of sp³-hybridized carbons (Fsp3) is 0.190. The zero-order valence-electron chi connectivity index (χ0n) is 15.0. The lowest BCUT2D eigenvalue weighted by Crippen LogP contribution is -2.06. The molecule has 4 aromatic rings. The smallest absolute Gasteiger partial charge is 0.416 e. The van der Waals surface area contributed by atoms with Crippen LogP contribution < -0.4 is 4.74 Å². The third-order valence-corrected chi connectivity index (χ3v) is 4.32. The summed E-state index contributed by atoms with van der Waals surface area (Å²) in [5.41, 5.74) is 1.59. The van der Waals surface area contributed by atoms with Gasteiger partial charge in [-0.2, -0.15) is 18.3 Å². The fourth-order valence-electron chi connectivity index (χ4n) is 2.94. The summed E-state index contributed by atoms with van der Waals surface area (Å²) in [6, 6.07) is 14.6. The number of aromatic nitrogens is 2. The van der Waals surface area contributed by atoms with Crippen molar-refractivity contribution in [2.24, 2.45) is 0 Å². The van der Waals surface area contributed by atoms with Crippen LogP contribution in [0.1, 0.15) is 18.9 Å². The monoisotopic (exact) mass is 386 g/mol. The number of aromatic amines is 1. The van der Waals surface area contributed by atoms with Gasteiger partial charge in [0.2, 0.25) is 0 Å². The molecule has 2 aromatic heterocycles. The SMILES string of the molecule is CCCOc1cc(C(F)(F)F)ccc1-c1cc(-c2cc3ccccc3o2)[nH]n1. The van der Waals surface area contributed by atoms with Gasteiger partial charge in [-0.15, -0.1) is 0 Å². The molecule has 0 aliphatic heterocycles. The number of rotatable bonds is 5. The van der Waals surface area contributed by atoms with E-state index in [4.69, 9.17) is 9.15 Å². The minimum absolute atomic E-state index is 0.152. The summed E-state index contributed by atoms with van der Waals surface area (Å²) in [7, 11) is 0. The van der Waals surface area contributed by atoms with E-state index in [0.717, 1.165) is 23.1 Å². The number of ether oxygens (including phenoxy) is 1. The Kier molecular flexibility index (Phi) is 4.58. The highest BCUT2D eigenvalue weighted by Gasteiger charge is 2.31. The Bertz CT molecular complexity index is 1080. The van der Waals surface area contributed by atoms with Crippen molar-refractivity contribution >= 4 is 11.0 Å². The number of alkyl halides is 3. The van der Waals surface area contributed by atoms with E-state index in [0.29, 0.717) is 35.7 Å². The Hall–Kier alpha value is -3.22. The molecule has 0 aliphatic rings. The Balaban J connectivity index is 1.72. The summed E-state index contributed by atoms with van der Waals surface area (Å²) in [5, 5.41) is 8.09. The highest BCUT2D eigenvalue weighted by Crippen LogP contribution is 2.38. The summed E-state index contributed by atoms with van der Waals surface area (Å²) in [6.45, 7) is 2.21. The van der Waals surface area contributed by atoms with Crippen LogP contribution in [0.25, 0.3) is 33.7 Å². The van der Waals surface area contributed by atoms with Crippen LogP contribution >= 0.6 is 0 Å². The van der Waals surface area contributed by atoms with Crippen LogP contribution in [-0.2, 0) is 6.18 Å². The molecule has 0 amide bonds. The van der Waals surface area contributed by atoms with Gasteiger partial charge in [-0.25, -0.2) is 0 Å². The van der Waals surface area contributed by atoms with Gasteiger partial charge < -0.3 is 9.15 Å². The first-order valence-corrected chi connectivity index (χ1v) is 8.84. The number of furan rings is 1. The van der Waals surface area contributed by atoms with E-state index in [-0.39, 0.29) is 5.75 Å². The third-order valence-electron chi connectivity index (χ3n) is 4.32. The van der Waals surface area contributed by atoms with Gasteiger partial charge in [0.25, 0.3) is 0 Å². The number of benzene rings is 2. The van der Waals surface area contributed by atoms with Crippen molar-refractivity contribution in [1.29, 1.82) is 0 Å². The van der Waals surface area contributed by atoms with Crippen LogP contribution in [0.15, 0.2) is 59.0 Å². The number of nitrogens with one attached hydrogen (secondary N) is 1. The maximum absolute atomic E-state index is 13.1. The summed E-state index contributed by atoms with van der Waals surface area (Å²) < 4.78 is 50.6. The molecular formula is C21H17F3N2O2. The molecule has 0 aliphatic carbocycles. The standard InChI is InChI=1S/C21H17F3N2O2/c1-2-9-27-19-11-14(21(22,23)24)7-8-15(19)16-12-17(26-25-16)20-10-13-5-3-4-6-18(13)28-20/h3-8,10-12H,2,9H2,1H3,(H,25,26). The van der Waals surface area contributed by atoms with Gasteiger partial charge in [-0.1, -0.05) is 25.1 Å². The zero-order valence-corrected chi connectivity index (χ0v) is 15.0. The van der Waals surface area contributed by atoms with E-state index < -0.39 is 11.7 Å². The lowest BCUT2D eigenvalue weighted by Gasteiger charge is -2.13. The molecule has 0 spiro atoms. The first-order chi connectivity index (χ1) is 13.5. The first kappa shape index (κ1) is 18.2. The van der Waals surface area contributed by atoms with Gasteiger partial charge in [0.05, 0.1) is 17.9 Å². The number of fused-ring (bicyclic) bond motifs is 1. The zero-order chi connectivity index (χ0) is 19.7. The highest BCUT2D eigenvalue weighted by molar-refractivity contribution is 5.83. The number of hydrogen-bond donors (Lipinski definition) is 1. The molecule has 0 fully saturated rings. The van der Waals surface area contributed by atoms with Crippen LogP contribution in [0.4, 0.5) is 13.2 Å². The Labute approximate surface area is 158 Å². The van der Waals surface area contributed by atoms with Crippen molar-refractivity contribution in [2.75, 3.05) is 6.61 Å². The molecule has 7 heteroatoms. The minimum Gasteiger partial charge on any atom is -0.493 e. The molecule has 28 heavy (non-hydrogen) atoms. The van der Waals surface area contributed by atoms with Gasteiger partial charge in [0.1, 0.15) is 17.0 Å². The average molecular weight is 386 g/mol. The summed E-state index contributed by atoms with van der Waals surface area (Å²) in [4.78, 5) is 0. The maximum Gasteiger partial charge on any atom is 0.416 e. The fourth-order valence-corrected chi connectivity index (χ4v) is 2.94. The van der Waals surface area contributed by atoms with E-state index in [1.54, 1.807) is 6.07 Å². The van der Waals surface area contributed by atoms with Crippen LogP contribution in [0.5, 0.6) is 5.75 Å². The predicted molar refractivity (Wildman–Crippen MR) is 100 cm³/mol. The minimum atomic E-state index is -4.44. The largest absolute Gasteiger partial charge is 0.493 e. The molecule has 1 N–H and O–H groups in total. The van der Waals surface area contributed by atoms with E-state index in [1.807, 2.05) is 37.3 Å². The predicted octanol–water partition coefficient (Wildman–Crippen LogP) is 6.30. The van der Waals surface area contributed by atoms with E-state index in [2.05, 4.69) is 10.2 Å². The second kappa shape index (κ2) is 7.07. The number of para-hydroxylation sites is 1. The molecule has 4 nitrogen and oxygen atoms in total. The van der Waals surface area contributed by atoms with Crippen molar-refractivity contribution in [3.05, 3.63) is 60.2 Å². The molecule has 0 atom stereocenters. The second-order valence-electron chi connectivity index (χ2n) is 6.37. The van der Waals surface area contributed by atoms with Crippen molar-refractivity contribution in [1.82, 2.24) is 10.2 Å². The van der Waals surface area contributed by atoms with Crippen LogP contribution in [-0.4, -0.2) is 16.8 Å². The van der Waals surface area contributed by atoms with Crippen molar-refractivity contribution < 1.29 is 22.3 Å². The topological polar surface area (TPSA) is 51.0 Å². The number of H-pyrrole nitrogens is 1. The van der Waals surface area contributed by atoms with Crippen LogP contribution in [0.3, 0.4) is 0 Å². The maximum atomic E-state index is 13.1. The third kappa shape index (κ3) is 3.47. The molecule has 2 heterocycles. The number of halogens is 3. The molecule has 0 saturated heterocycles. The van der Waals surface area contributed by atoms with E-state index in [9.17, 15) is 13.2 Å². The second-order valence-corrected chi connectivity index (χ2v) is 6.37. The average Bonchev–Trinajstić information content (AvgIpc) is 3.32. The molecule has 0 saturated carbocycles. The van der Waals surface area contributed by atoms with Gasteiger partial charge >= 0.3 is 6.18 Å². The molecular weight excluding hydrogens is 369 g/mol. The quantitative estimate of drug-likeness (QED) is 0.438. The highest BCUT2D eigenvalue weighted by atomic mass is 19.4. The van der Waals surface area contributed by atoms with Crippen molar-refractivity contribution in [2.45, 2.75) is 19.5 Å². The van der Waals surface area contributed by atoms with Gasteiger partial charge in [0, 0.05) is 10.9 Å². The number of nitrogens with zero attached hydrogens (tertiary/aromatic N) is 1. The summed E-state index contributed by atoms with van der Waals surface area (Å²) in [5.74, 6) is 0.752. The van der Waals surface area contributed by atoms with Gasteiger partial charge in [-0.3, -0.25) is 5.10 Å². The Morgan fingerprint density at radius 1 is 1.07 bits per heavy atom. The van der Waals surface area contributed by atoms with E-state index >= 15 is 0 Å². The Morgan fingerprint density at radius 2 is 1.89 bits per heavy atom. The normalized spacial score (nSPS) is 11.9. The lowest BCUT2D eigenvalue weighted by molar-refractivity contribution is -0.137. The molecule has 0 bridgehead atoms.